The van der Waals surface area contributed by atoms with Gasteiger partial charge in [0.25, 0.3) is 0 Å². The van der Waals surface area contributed by atoms with Crippen LogP contribution >= 0.6 is 12.2 Å². The number of hydrogen-bond acceptors (Lipinski definition) is 3. The fourth-order valence-corrected chi connectivity index (χ4v) is 3.26. The largest absolute Gasteiger partial charge is 0.392 e. The maximum atomic E-state index is 6.02. The molecule has 1 saturated heterocycles. The van der Waals surface area contributed by atoms with E-state index in [4.69, 9.17) is 18.0 Å². The van der Waals surface area contributed by atoms with Crippen LogP contribution in [0, 0.1) is 6.92 Å². The van der Waals surface area contributed by atoms with Gasteiger partial charge in [0.15, 0.2) is 0 Å². The van der Waals surface area contributed by atoms with Gasteiger partial charge in [-0.2, -0.15) is 0 Å². The quantitative estimate of drug-likeness (QED) is 0.863. The molecular formula is C16H25N3S. The minimum absolute atomic E-state index is 0.0407. The molecular weight excluding hydrogens is 266 g/mol. The number of likely N-dealkylation sites (tertiary alicyclic amines) is 1. The summed E-state index contributed by atoms with van der Waals surface area (Å²) in [6.45, 7) is 4.39. The number of nitrogens with two attached hydrogens (primary N) is 1. The van der Waals surface area contributed by atoms with Crippen molar-refractivity contribution in [2.45, 2.75) is 31.8 Å². The van der Waals surface area contributed by atoms with Gasteiger partial charge < -0.3 is 10.6 Å². The molecule has 1 aliphatic heterocycles. The lowest BCUT2D eigenvalue weighted by Crippen LogP contribution is -2.46. The van der Waals surface area contributed by atoms with Crippen molar-refractivity contribution in [3.8, 4) is 0 Å². The van der Waals surface area contributed by atoms with Crippen molar-refractivity contribution in [1.82, 2.24) is 9.80 Å². The number of rotatable bonds is 4. The maximum Gasteiger partial charge on any atom is 0.0948 e. The van der Waals surface area contributed by atoms with Crippen molar-refractivity contribution < 1.29 is 0 Å². The Hall–Kier alpha value is -0.970. The van der Waals surface area contributed by atoms with Gasteiger partial charge >= 0.3 is 0 Å². The molecule has 0 spiro atoms. The predicted octanol–water partition coefficient (Wildman–Crippen LogP) is 2.35. The molecule has 2 N–H and O–H groups in total. The van der Waals surface area contributed by atoms with E-state index in [1.54, 1.807) is 0 Å². The zero-order chi connectivity index (χ0) is 14.7. The number of thiocarbonyl (C=S) groups is 1. The lowest BCUT2D eigenvalue weighted by molar-refractivity contribution is 0.130. The van der Waals surface area contributed by atoms with E-state index in [1.807, 2.05) is 0 Å². The monoisotopic (exact) mass is 291 g/mol. The molecule has 0 aromatic heterocycles. The van der Waals surface area contributed by atoms with Crippen LogP contribution in [-0.2, 0) is 0 Å². The summed E-state index contributed by atoms with van der Waals surface area (Å²) in [6, 6.07) is 9.14. The highest BCUT2D eigenvalue weighted by Crippen LogP contribution is 2.26. The highest BCUT2D eigenvalue weighted by molar-refractivity contribution is 7.80. The third-order valence-electron chi connectivity index (χ3n) is 4.33. The van der Waals surface area contributed by atoms with Gasteiger partial charge in [-0.15, -0.1) is 0 Å². The number of piperidine rings is 1. The van der Waals surface area contributed by atoms with Crippen molar-refractivity contribution in [1.29, 1.82) is 0 Å². The molecule has 1 atom stereocenters. The molecule has 2 rings (SSSR count). The molecule has 1 fully saturated rings. The predicted molar refractivity (Wildman–Crippen MR) is 89.0 cm³/mol. The second kappa shape index (κ2) is 6.66. The van der Waals surface area contributed by atoms with Gasteiger partial charge in [0.2, 0.25) is 0 Å². The minimum atomic E-state index is 0.0407. The summed E-state index contributed by atoms with van der Waals surface area (Å²) in [5.74, 6) is 0. The second-order valence-electron chi connectivity index (χ2n) is 5.92. The number of benzene rings is 1. The molecule has 1 aliphatic rings. The average Bonchev–Trinajstić information content (AvgIpc) is 2.41. The molecule has 1 aromatic rings. The molecule has 110 valence electrons. The van der Waals surface area contributed by atoms with Gasteiger partial charge in [-0.05, 0) is 52.5 Å². The van der Waals surface area contributed by atoms with Crippen molar-refractivity contribution in [3.05, 3.63) is 35.4 Å². The number of hydrogen-bond donors (Lipinski definition) is 1. The second-order valence-corrected chi connectivity index (χ2v) is 6.39. The summed E-state index contributed by atoms with van der Waals surface area (Å²) >= 11 is 5.33. The third-order valence-corrected chi connectivity index (χ3v) is 4.56. The van der Waals surface area contributed by atoms with Gasteiger partial charge in [0.05, 0.1) is 11.0 Å². The van der Waals surface area contributed by atoms with Crippen molar-refractivity contribution >= 4 is 17.2 Å². The Morgan fingerprint density at radius 1 is 1.30 bits per heavy atom. The van der Waals surface area contributed by atoms with Gasteiger partial charge in [0, 0.05) is 6.04 Å². The summed E-state index contributed by atoms with van der Waals surface area (Å²) in [6.07, 6.45) is 2.36. The summed E-state index contributed by atoms with van der Waals surface area (Å²) in [7, 11) is 4.33. The van der Waals surface area contributed by atoms with Crippen LogP contribution in [0.3, 0.4) is 0 Å². The first-order valence-electron chi connectivity index (χ1n) is 7.25. The minimum Gasteiger partial charge on any atom is -0.392 e. The maximum absolute atomic E-state index is 6.02. The Morgan fingerprint density at radius 2 is 1.85 bits per heavy atom. The van der Waals surface area contributed by atoms with Crippen LogP contribution in [0.2, 0.25) is 0 Å². The lowest BCUT2D eigenvalue weighted by Gasteiger charge is -2.39. The van der Waals surface area contributed by atoms with Crippen molar-refractivity contribution in [3.63, 3.8) is 0 Å². The molecule has 3 nitrogen and oxygen atoms in total. The number of aryl methyl sites for hydroxylation is 1. The summed E-state index contributed by atoms with van der Waals surface area (Å²) in [5.41, 5.74) is 8.48. The van der Waals surface area contributed by atoms with E-state index >= 15 is 0 Å². The molecule has 1 aromatic carbocycles. The molecule has 1 heterocycles. The third kappa shape index (κ3) is 3.57. The van der Waals surface area contributed by atoms with Gasteiger partial charge in [0.1, 0.15) is 0 Å². The molecule has 0 aliphatic carbocycles. The Kier molecular flexibility index (Phi) is 5.13. The number of likely N-dealkylation sites (N-methyl/N-ethyl adjacent to an activating group) is 1. The highest BCUT2D eigenvalue weighted by Gasteiger charge is 2.28. The molecule has 0 radical (unpaired) electrons. The SMILES string of the molecule is Cc1ccc(C(C(N)=S)N(C)C2CCN(C)CC2)cc1. The van der Waals surface area contributed by atoms with Crippen LogP contribution in [0.25, 0.3) is 0 Å². The van der Waals surface area contributed by atoms with Crippen LogP contribution in [0.4, 0.5) is 0 Å². The summed E-state index contributed by atoms with van der Waals surface area (Å²) in [5, 5.41) is 0. The van der Waals surface area contributed by atoms with E-state index in [2.05, 4.69) is 55.1 Å². The molecule has 4 heteroatoms. The summed E-state index contributed by atoms with van der Waals surface area (Å²) < 4.78 is 0. The highest BCUT2D eigenvalue weighted by atomic mass is 32.1. The van der Waals surface area contributed by atoms with E-state index in [-0.39, 0.29) is 6.04 Å². The molecule has 1 unspecified atom stereocenters. The van der Waals surface area contributed by atoms with Gasteiger partial charge in [-0.25, -0.2) is 0 Å². The van der Waals surface area contributed by atoms with Gasteiger partial charge in [-0.3, -0.25) is 4.90 Å². The normalized spacial score (nSPS) is 19.2. The zero-order valence-corrected chi connectivity index (χ0v) is 13.5. The zero-order valence-electron chi connectivity index (χ0n) is 12.7. The smallest absolute Gasteiger partial charge is 0.0948 e. The van der Waals surface area contributed by atoms with E-state index in [0.29, 0.717) is 11.0 Å². The van der Waals surface area contributed by atoms with Crippen LogP contribution in [0.15, 0.2) is 24.3 Å². The number of nitrogens with zero attached hydrogens (tertiary/aromatic N) is 2. The molecule has 20 heavy (non-hydrogen) atoms. The van der Waals surface area contributed by atoms with Crippen LogP contribution in [0.1, 0.15) is 30.0 Å². The fourth-order valence-electron chi connectivity index (χ4n) is 2.96. The molecule has 0 saturated carbocycles. The van der Waals surface area contributed by atoms with Gasteiger partial charge in [-0.1, -0.05) is 42.0 Å². The first kappa shape index (κ1) is 15.4. The Morgan fingerprint density at radius 3 is 2.35 bits per heavy atom. The van der Waals surface area contributed by atoms with Crippen LogP contribution < -0.4 is 5.73 Å². The van der Waals surface area contributed by atoms with Crippen molar-refractivity contribution in [2.75, 3.05) is 27.2 Å². The summed E-state index contributed by atoms with van der Waals surface area (Å²) in [4.78, 5) is 5.31. The Labute approximate surface area is 127 Å². The first-order chi connectivity index (χ1) is 9.49. The molecule has 0 bridgehead atoms. The average molecular weight is 291 g/mol. The lowest BCUT2D eigenvalue weighted by atomic mass is 9.98. The van der Waals surface area contributed by atoms with E-state index in [9.17, 15) is 0 Å². The fraction of sp³-hybridized carbons (Fsp3) is 0.562. The van der Waals surface area contributed by atoms with E-state index in [1.165, 1.54) is 24.0 Å². The van der Waals surface area contributed by atoms with E-state index < -0.39 is 0 Å². The topological polar surface area (TPSA) is 32.5 Å². The molecule has 0 amide bonds. The van der Waals surface area contributed by atoms with Crippen LogP contribution in [0.5, 0.6) is 0 Å². The van der Waals surface area contributed by atoms with Crippen molar-refractivity contribution in [2.24, 2.45) is 5.73 Å². The Balaban J connectivity index is 2.16. The Bertz CT molecular complexity index is 449. The standard InChI is InChI=1S/C16H25N3S/c1-12-4-6-13(7-5-12)15(16(17)20)19(3)14-8-10-18(2)11-9-14/h4-7,14-15H,8-11H2,1-3H3,(H2,17,20). The van der Waals surface area contributed by atoms with E-state index in [0.717, 1.165) is 13.1 Å². The first-order valence-corrected chi connectivity index (χ1v) is 7.66. The van der Waals surface area contributed by atoms with Crippen LogP contribution in [-0.4, -0.2) is 48.0 Å².